The highest BCUT2D eigenvalue weighted by Gasteiger charge is 2.32. The Bertz CT molecular complexity index is 407. The van der Waals surface area contributed by atoms with E-state index < -0.39 is 36.0 Å². The van der Waals surface area contributed by atoms with Crippen LogP contribution in [0.25, 0.3) is 0 Å². The number of esters is 1. The standard InChI is InChI=1S/C9H12FN3O4/c1-4(17-5(2)14)13-3-6(10)12-7(8(11)15)9(13)16/h3-4,9,16H,1-2H3,(H2,11,15). The van der Waals surface area contributed by atoms with Crippen molar-refractivity contribution in [2.45, 2.75) is 26.3 Å². The van der Waals surface area contributed by atoms with Gasteiger partial charge in [0.15, 0.2) is 18.2 Å². The average molecular weight is 245 g/mol. The zero-order chi connectivity index (χ0) is 13.2. The number of rotatable bonds is 3. The Balaban J connectivity index is 2.93. The fourth-order valence-electron chi connectivity index (χ4n) is 1.32. The van der Waals surface area contributed by atoms with E-state index in [-0.39, 0.29) is 0 Å². The van der Waals surface area contributed by atoms with Crippen LogP contribution >= 0.6 is 0 Å². The second-order valence-corrected chi connectivity index (χ2v) is 3.34. The molecule has 0 aromatic carbocycles. The first-order chi connectivity index (χ1) is 7.82. The summed E-state index contributed by atoms with van der Waals surface area (Å²) >= 11 is 0. The molecule has 0 aliphatic carbocycles. The van der Waals surface area contributed by atoms with Crippen molar-refractivity contribution in [3.63, 3.8) is 0 Å². The minimum atomic E-state index is -1.55. The van der Waals surface area contributed by atoms with Crippen LogP contribution in [0, 0.1) is 0 Å². The lowest BCUT2D eigenvalue weighted by atomic mass is 10.2. The maximum atomic E-state index is 13.1. The minimum Gasteiger partial charge on any atom is -0.442 e. The number of aliphatic hydroxyl groups is 1. The molecule has 1 aliphatic heterocycles. The van der Waals surface area contributed by atoms with Gasteiger partial charge in [0.25, 0.3) is 5.91 Å². The summed E-state index contributed by atoms with van der Waals surface area (Å²) < 4.78 is 17.8. The summed E-state index contributed by atoms with van der Waals surface area (Å²) in [5, 5.41) is 9.69. The molecular formula is C9H12FN3O4. The Morgan fingerprint density at radius 3 is 2.76 bits per heavy atom. The lowest BCUT2D eigenvalue weighted by Gasteiger charge is -2.33. The Morgan fingerprint density at radius 1 is 1.71 bits per heavy atom. The van der Waals surface area contributed by atoms with E-state index in [4.69, 9.17) is 10.5 Å². The zero-order valence-electron chi connectivity index (χ0n) is 9.25. The number of nitrogens with zero attached hydrogens (tertiary/aromatic N) is 2. The highest BCUT2D eigenvalue weighted by Crippen LogP contribution is 2.17. The Kier molecular flexibility index (Phi) is 3.79. The van der Waals surface area contributed by atoms with E-state index in [2.05, 4.69) is 4.99 Å². The third-order valence-corrected chi connectivity index (χ3v) is 2.02. The monoisotopic (exact) mass is 245 g/mol. The molecule has 0 aromatic heterocycles. The van der Waals surface area contributed by atoms with Crippen LogP contribution in [0.15, 0.2) is 17.1 Å². The molecule has 0 bridgehead atoms. The molecule has 1 aliphatic rings. The molecule has 94 valence electrons. The van der Waals surface area contributed by atoms with E-state index in [1.54, 1.807) is 0 Å². The predicted octanol–water partition coefficient (Wildman–Crippen LogP) is -0.776. The third kappa shape index (κ3) is 3.00. The normalized spacial score (nSPS) is 21.4. The van der Waals surface area contributed by atoms with Gasteiger partial charge in [-0.2, -0.15) is 4.39 Å². The summed E-state index contributed by atoms with van der Waals surface area (Å²) in [6.07, 6.45) is -1.69. The number of aliphatic imine (C=N–C) groups is 1. The molecule has 0 radical (unpaired) electrons. The van der Waals surface area contributed by atoms with Crippen LogP contribution in [-0.2, 0) is 14.3 Å². The van der Waals surface area contributed by atoms with Crippen molar-refractivity contribution in [3.05, 3.63) is 12.2 Å². The van der Waals surface area contributed by atoms with Crippen molar-refractivity contribution in [3.8, 4) is 0 Å². The van der Waals surface area contributed by atoms with Gasteiger partial charge >= 0.3 is 5.97 Å². The summed E-state index contributed by atoms with van der Waals surface area (Å²) in [6.45, 7) is 2.56. The van der Waals surface area contributed by atoms with E-state index in [0.29, 0.717) is 0 Å². The lowest BCUT2D eigenvalue weighted by molar-refractivity contribution is -0.157. The number of halogens is 1. The van der Waals surface area contributed by atoms with Crippen LogP contribution in [0.2, 0.25) is 0 Å². The number of carbonyl (C=O) groups excluding carboxylic acids is 2. The maximum Gasteiger partial charge on any atom is 0.304 e. The van der Waals surface area contributed by atoms with Gasteiger partial charge in [-0.1, -0.05) is 0 Å². The second kappa shape index (κ2) is 4.91. The molecule has 2 unspecified atom stereocenters. The number of hydrogen-bond acceptors (Lipinski definition) is 6. The van der Waals surface area contributed by atoms with Crippen LogP contribution in [0.1, 0.15) is 13.8 Å². The van der Waals surface area contributed by atoms with E-state index in [1.165, 1.54) is 6.92 Å². The zero-order valence-corrected chi connectivity index (χ0v) is 9.25. The largest absolute Gasteiger partial charge is 0.442 e. The molecule has 17 heavy (non-hydrogen) atoms. The summed E-state index contributed by atoms with van der Waals surface area (Å²) in [5.74, 6) is -2.68. The van der Waals surface area contributed by atoms with E-state index >= 15 is 0 Å². The number of aliphatic hydroxyl groups excluding tert-OH is 1. The molecule has 0 saturated heterocycles. The van der Waals surface area contributed by atoms with Crippen molar-refractivity contribution in [2.24, 2.45) is 10.7 Å². The highest BCUT2D eigenvalue weighted by molar-refractivity contribution is 6.40. The summed E-state index contributed by atoms with van der Waals surface area (Å²) in [7, 11) is 0. The van der Waals surface area contributed by atoms with Crippen LogP contribution in [0.5, 0.6) is 0 Å². The van der Waals surface area contributed by atoms with Gasteiger partial charge in [-0.05, 0) is 6.92 Å². The first kappa shape index (κ1) is 13.1. The van der Waals surface area contributed by atoms with Gasteiger partial charge in [0.05, 0.1) is 6.20 Å². The minimum absolute atomic E-state index is 0.552. The Labute approximate surface area is 96.4 Å². The molecule has 8 heteroatoms. The van der Waals surface area contributed by atoms with E-state index in [1.807, 2.05) is 0 Å². The molecule has 0 aromatic rings. The van der Waals surface area contributed by atoms with Crippen LogP contribution in [0.3, 0.4) is 0 Å². The number of carbonyl (C=O) groups is 2. The van der Waals surface area contributed by atoms with Crippen molar-refractivity contribution < 1.29 is 23.8 Å². The van der Waals surface area contributed by atoms with Crippen LogP contribution < -0.4 is 5.73 Å². The van der Waals surface area contributed by atoms with Crippen molar-refractivity contribution in [2.75, 3.05) is 0 Å². The highest BCUT2D eigenvalue weighted by atomic mass is 19.1. The van der Waals surface area contributed by atoms with Gasteiger partial charge in [0, 0.05) is 6.92 Å². The number of primary amides is 1. The summed E-state index contributed by atoms with van der Waals surface area (Å²) in [5.41, 5.74) is 4.37. The van der Waals surface area contributed by atoms with Gasteiger partial charge in [-0.25, -0.2) is 4.99 Å². The Morgan fingerprint density at radius 2 is 2.29 bits per heavy atom. The number of hydrogen-bond donors (Lipinski definition) is 2. The number of nitrogens with two attached hydrogens (primary N) is 1. The van der Waals surface area contributed by atoms with E-state index in [9.17, 15) is 19.1 Å². The van der Waals surface area contributed by atoms with Gasteiger partial charge in [-0.3, -0.25) is 9.59 Å². The average Bonchev–Trinajstić information content (AvgIpc) is 2.19. The smallest absolute Gasteiger partial charge is 0.304 e. The molecule has 1 amide bonds. The van der Waals surface area contributed by atoms with Gasteiger partial charge in [0.1, 0.15) is 0 Å². The first-order valence-electron chi connectivity index (χ1n) is 4.71. The fraction of sp³-hybridized carbons (Fsp3) is 0.444. The summed E-state index contributed by atoms with van der Waals surface area (Å²) in [6, 6.07) is 0. The molecule has 7 nitrogen and oxygen atoms in total. The molecule has 0 saturated carbocycles. The molecule has 1 rings (SSSR count). The molecule has 0 fully saturated rings. The first-order valence-corrected chi connectivity index (χ1v) is 4.71. The predicted molar refractivity (Wildman–Crippen MR) is 54.9 cm³/mol. The van der Waals surface area contributed by atoms with Crippen molar-refractivity contribution in [1.82, 2.24) is 4.90 Å². The SMILES string of the molecule is CC(=O)OC(C)N1C=C(F)N=C(C(N)=O)C1O. The fourth-order valence-corrected chi connectivity index (χ4v) is 1.32. The molecule has 0 spiro atoms. The Hall–Kier alpha value is -1.96. The van der Waals surface area contributed by atoms with Gasteiger partial charge in [-0.15, -0.1) is 0 Å². The number of amides is 1. The topological polar surface area (TPSA) is 105 Å². The van der Waals surface area contributed by atoms with Gasteiger partial charge in [0.2, 0.25) is 5.95 Å². The molecule has 1 heterocycles. The summed E-state index contributed by atoms with van der Waals surface area (Å²) in [4.78, 5) is 25.7. The quantitative estimate of drug-likeness (QED) is 0.501. The molecule has 3 N–H and O–H groups in total. The van der Waals surface area contributed by atoms with Gasteiger partial charge < -0.3 is 20.5 Å². The molecular weight excluding hydrogens is 233 g/mol. The third-order valence-electron chi connectivity index (χ3n) is 2.02. The maximum absolute atomic E-state index is 13.1. The second-order valence-electron chi connectivity index (χ2n) is 3.34. The number of ether oxygens (including phenoxy) is 1. The van der Waals surface area contributed by atoms with E-state index in [0.717, 1.165) is 18.0 Å². The van der Waals surface area contributed by atoms with Crippen LogP contribution in [-0.4, -0.2) is 40.1 Å². The van der Waals surface area contributed by atoms with Crippen molar-refractivity contribution in [1.29, 1.82) is 0 Å². The molecule has 2 atom stereocenters. The van der Waals surface area contributed by atoms with Crippen molar-refractivity contribution >= 4 is 17.6 Å². The lowest BCUT2D eigenvalue weighted by Crippen LogP contribution is -2.50. The van der Waals surface area contributed by atoms with Crippen LogP contribution in [0.4, 0.5) is 4.39 Å².